The number of primary amides is 1. The number of alkyl halides is 3. The predicted octanol–water partition coefficient (Wildman–Crippen LogP) is 1.24. The topological polar surface area (TPSA) is 80.9 Å². The van der Waals surface area contributed by atoms with E-state index in [2.05, 4.69) is 15.5 Å². The van der Waals surface area contributed by atoms with Crippen molar-refractivity contribution in [2.45, 2.75) is 5.51 Å². The van der Waals surface area contributed by atoms with Crippen LogP contribution in [0.5, 0.6) is 0 Å². The van der Waals surface area contributed by atoms with Gasteiger partial charge in [-0.3, -0.25) is 4.79 Å². The van der Waals surface area contributed by atoms with E-state index in [0.717, 1.165) is 0 Å². The summed E-state index contributed by atoms with van der Waals surface area (Å²) in [7, 11) is 0. The number of nitrogens with one attached hydrogen (secondary N) is 1. The Hall–Kier alpha value is -1.51. The van der Waals surface area contributed by atoms with Crippen molar-refractivity contribution in [3.63, 3.8) is 0 Å². The molecule has 0 aromatic carbocycles. The molecule has 0 atom stereocenters. The van der Waals surface area contributed by atoms with Gasteiger partial charge < -0.3 is 11.1 Å². The summed E-state index contributed by atoms with van der Waals surface area (Å²) in [6.07, 6.45) is 0. The molecule has 0 aliphatic rings. The van der Waals surface area contributed by atoms with Crippen molar-refractivity contribution >= 4 is 23.5 Å². The van der Waals surface area contributed by atoms with Crippen molar-refractivity contribution in [3.05, 3.63) is 17.8 Å². The number of rotatable bonds is 5. The van der Waals surface area contributed by atoms with E-state index in [4.69, 9.17) is 5.73 Å². The highest BCUT2D eigenvalue weighted by Gasteiger charge is 2.27. The van der Waals surface area contributed by atoms with Crippen LogP contribution in [0.3, 0.4) is 0 Å². The fraction of sp³-hybridized carbons (Fsp3) is 0.375. The highest BCUT2D eigenvalue weighted by atomic mass is 32.2. The van der Waals surface area contributed by atoms with E-state index < -0.39 is 11.4 Å². The van der Waals surface area contributed by atoms with Crippen LogP contribution in [-0.4, -0.2) is 33.9 Å². The van der Waals surface area contributed by atoms with Gasteiger partial charge in [-0.1, -0.05) is 0 Å². The van der Waals surface area contributed by atoms with Gasteiger partial charge in [-0.15, -0.1) is 10.2 Å². The third-order valence-corrected chi connectivity index (χ3v) is 2.33. The third-order valence-electron chi connectivity index (χ3n) is 1.59. The van der Waals surface area contributed by atoms with Crippen LogP contribution < -0.4 is 11.1 Å². The van der Waals surface area contributed by atoms with Gasteiger partial charge in [0.2, 0.25) is 0 Å². The van der Waals surface area contributed by atoms with Gasteiger partial charge in [0.1, 0.15) is 5.82 Å². The summed E-state index contributed by atoms with van der Waals surface area (Å²) in [4.78, 5) is 10.7. The van der Waals surface area contributed by atoms with E-state index in [-0.39, 0.29) is 35.6 Å². The maximum atomic E-state index is 11.8. The molecule has 1 rings (SSSR count). The second-order valence-electron chi connectivity index (χ2n) is 2.89. The van der Waals surface area contributed by atoms with E-state index in [1.807, 2.05) is 0 Å². The van der Waals surface area contributed by atoms with Crippen LogP contribution >= 0.6 is 11.8 Å². The summed E-state index contributed by atoms with van der Waals surface area (Å²) in [5, 5.41) is 9.71. The van der Waals surface area contributed by atoms with Crippen molar-refractivity contribution in [3.8, 4) is 0 Å². The first-order valence-electron chi connectivity index (χ1n) is 4.46. The Morgan fingerprint density at radius 1 is 1.41 bits per heavy atom. The van der Waals surface area contributed by atoms with Gasteiger partial charge in [-0.05, 0) is 23.9 Å². The van der Waals surface area contributed by atoms with Gasteiger partial charge in [-0.2, -0.15) is 13.2 Å². The quantitative estimate of drug-likeness (QED) is 0.784. The molecule has 1 amide bonds. The SMILES string of the molecule is NC(=O)c1ccc(NCCSC(F)(F)F)nn1. The van der Waals surface area contributed by atoms with Gasteiger partial charge in [0.05, 0.1) is 0 Å². The molecule has 0 spiro atoms. The molecule has 0 saturated carbocycles. The molecule has 17 heavy (non-hydrogen) atoms. The molecule has 0 unspecified atom stereocenters. The standard InChI is InChI=1S/C8H9F3N4OS/c9-8(10,11)17-4-3-13-6-2-1-5(7(12)16)14-15-6/h1-2H,3-4H2,(H2,12,16)(H,13,15). The van der Waals surface area contributed by atoms with Crippen LogP contribution in [-0.2, 0) is 0 Å². The van der Waals surface area contributed by atoms with Gasteiger partial charge in [-0.25, -0.2) is 0 Å². The van der Waals surface area contributed by atoms with Crippen LogP contribution in [0.4, 0.5) is 19.0 Å². The Bertz CT molecular complexity index is 381. The van der Waals surface area contributed by atoms with Gasteiger partial charge in [0, 0.05) is 12.3 Å². The molecule has 1 aromatic rings. The minimum Gasteiger partial charge on any atom is -0.368 e. The number of amides is 1. The second-order valence-corrected chi connectivity index (χ2v) is 4.05. The molecule has 9 heteroatoms. The Labute approximate surface area is 99.0 Å². The number of carbonyl (C=O) groups excluding carboxylic acids is 1. The molecule has 0 saturated heterocycles. The molecule has 94 valence electrons. The highest BCUT2D eigenvalue weighted by molar-refractivity contribution is 8.00. The van der Waals surface area contributed by atoms with E-state index in [1.165, 1.54) is 12.1 Å². The van der Waals surface area contributed by atoms with E-state index in [0.29, 0.717) is 0 Å². The van der Waals surface area contributed by atoms with Crippen LogP contribution in [0.1, 0.15) is 10.5 Å². The molecule has 3 N–H and O–H groups in total. The van der Waals surface area contributed by atoms with E-state index in [9.17, 15) is 18.0 Å². The first kappa shape index (κ1) is 13.6. The zero-order valence-corrected chi connectivity index (χ0v) is 9.31. The average Bonchev–Trinajstić information content (AvgIpc) is 2.24. The summed E-state index contributed by atoms with van der Waals surface area (Å²) in [5.74, 6) is -0.558. The summed E-state index contributed by atoms with van der Waals surface area (Å²) in [6, 6.07) is 2.76. The summed E-state index contributed by atoms with van der Waals surface area (Å²) < 4.78 is 35.3. The number of hydrogen-bond donors (Lipinski definition) is 2. The number of carbonyl (C=O) groups is 1. The van der Waals surface area contributed by atoms with Crippen molar-refractivity contribution in [2.24, 2.45) is 5.73 Å². The normalized spacial score (nSPS) is 11.2. The lowest BCUT2D eigenvalue weighted by atomic mass is 10.4. The number of aromatic nitrogens is 2. The second kappa shape index (κ2) is 5.71. The minimum atomic E-state index is -4.23. The molecule has 1 heterocycles. The maximum Gasteiger partial charge on any atom is 0.441 e. The first-order chi connectivity index (χ1) is 7.88. The lowest BCUT2D eigenvalue weighted by Crippen LogP contribution is -2.15. The smallest absolute Gasteiger partial charge is 0.368 e. The number of nitrogens with zero attached hydrogens (tertiary/aromatic N) is 2. The van der Waals surface area contributed by atoms with Gasteiger partial charge >= 0.3 is 5.51 Å². The molecule has 5 nitrogen and oxygen atoms in total. The number of halogens is 3. The van der Waals surface area contributed by atoms with Gasteiger partial charge in [0.15, 0.2) is 5.69 Å². The molecule has 0 fully saturated rings. The summed E-state index contributed by atoms with van der Waals surface area (Å²) in [5.41, 5.74) is 0.710. The number of hydrogen-bond acceptors (Lipinski definition) is 5. The van der Waals surface area contributed by atoms with E-state index in [1.54, 1.807) is 0 Å². The first-order valence-corrected chi connectivity index (χ1v) is 5.45. The molecule has 0 aliphatic heterocycles. The van der Waals surface area contributed by atoms with Crippen molar-refractivity contribution in [1.82, 2.24) is 10.2 Å². The van der Waals surface area contributed by atoms with Crippen LogP contribution in [0.25, 0.3) is 0 Å². The minimum absolute atomic E-state index is 0.000200. The largest absolute Gasteiger partial charge is 0.441 e. The number of thioether (sulfide) groups is 1. The zero-order valence-electron chi connectivity index (χ0n) is 8.49. The van der Waals surface area contributed by atoms with Crippen LogP contribution in [0, 0.1) is 0 Å². The maximum absolute atomic E-state index is 11.8. The molecule has 0 aliphatic carbocycles. The zero-order chi connectivity index (χ0) is 12.9. The van der Waals surface area contributed by atoms with Crippen molar-refractivity contribution in [2.75, 3.05) is 17.6 Å². The lowest BCUT2D eigenvalue weighted by Gasteiger charge is -2.06. The Kier molecular flexibility index (Phi) is 4.55. The summed E-state index contributed by atoms with van der Waals surface area (Å²) >= 11 is -0.124. The summed E-state index contributed by atoms with van der Waals surface area (Å²) in [6.45, 7) is 0.0920. The molecular formula is C8H9F3N4OS. The van der Waals surface area contributed by atoms with Crippen LogP contribution in [0.2, 0.25) is 0 Å². The molecule has 0 radical (unpaired) electrons. The molecule has 0 bridgehead atoms. The molecular weight excluding hydrogens is 257 g/mol. The number of anilines is 1. The predicted molar refractivity (Wildman–Crippen MR) is 57.6 cm³/mol. The third kappa shape index (κ3) is 5.38. The van der Waals surface area contributed by atoms with Crippen LogP contribution in [0.15, 0.2) is 12.1 Å². The Balaban J connectivity index is 2.35. The van der Waals surface area contributed by atoms with Gasteiger partial charge in [0.25, 0.3) is 5.91 Å². The van der Waals surface area contributed by atoms with Crippen molar-refractivity contribution in [1.29, 1.82) is 0 Å². The van der Waals surface area contributed by atoms with E-state index >= 15 is 0 Å². The van der Waals surface area contributed by atoms with Crippen molar-refractivity contribution < 1.29 is 18.0 Å². The lowest BCUT2D eigenvalue weighted by molar-refractivity contribution is -0.0327. The Morgan fingerprint density at radius 3 is 2.59 bits per heavy atom. The number of nitrogens with two attached hydrogens (primary N) is 1. The fourth-order valence-electron chi connectivity index (χ4n) is 0.904. The molecule has 1 aromatic heterocycles. The average molecular weight is 266 g/mol. The Morgan fingerprint density at radius 2 is 2.12 bits per heavy atom. The fourth-order valence-corrected chi connectivity index (χ4v) is 1.34. The monoisotopic (exact) mass is 266 g/mol. The highest BCUT2D eigenvalue weighted by Crippen LogP contribution is 2.29.